The summed E-state index contributed by atoms with van der Waals surface area (Å²) in [6, 6.07) is 10.2. The Hall–Kier alpha value is -2.04. The van der Waals surface area contributed by atoms with Crippen molar-refractivity contribution in [2.45, 2.75) is 0 Å². The predicted molar refractivity (Wildman–Crippen MR) is 58.5 cm³/mol. The van der Waals surface area contributed by atoms with Crippen molar-refractivity contribution in [1.82, 2.24) is 0 Å². The number of hydrogen-bond acceptors (Lipinski definition) is 1. The standard InChI is InChI=1S/C12H14N3.2FH/c1-14-9-6-11(7-10-14)13-12-5-3-4-8-15(12)2;;/h3-10H,1-2H3;2*1H/q+1;;/p-1. The lowest BCUT2D eigenvalue weighted by molar-refractivity contribution is -0.671. The minimum absolute atomic E-state index is 0. The molecular formula is C12H15F2N3. The van der Waals surface area contributed by atoms with Crippen molar-refractivity contribution in [2.24, 2.45) is 14.1 Å². The third kappa shape index (κ3) is 3.79. The largest absolute Gasteiger partial charge is 1.00 e. The molecule has 0 aliphatic carbocycles. The van der Waals surface area contributed by atoms with Gasteiger partial charge in [0.25, 0.3) is 5.82 Å². The number of pyridine rings is 2. The van der Waals surface area contributed by atoms with Crippen LogP contribution in [-0.2, 0) is 14.1 Å². The highest BCUT2D eigenvalue weighted by Gasteiger charge is 2.05. The van der Waals surface area contributed by atoms with Crippen LogP contribution in [0.15, 0.2) is 48.9 Å². The first-order chi connectivity index (χ1) is 7.25. The quantitative estimate of drug-likeness (QED) is 0.521. The predicted octanol–water partition coefficient (Wildman–Crippen LogP) is -4.91. The Labute approximate surface area is 99.1 Å². The highest BCUT2D eigenvalue weighted by Crippen LogP contribution is 2.09. The van der Waals surface area contributed by atoms with Crippen molar-refractivity contribution < 1.29 is 18.5 Å². The molecule has 0 saturated carbocycles. The summed E-state index contributed by atoms with van der Waals surface area (Å²) in [6.07, 6.45) is 6.06. The van der Waals surface area contributed by atoms with E-state index in [9.17, 15) is 0 Å². The van der Waals surface area contributed by atoms with Gasteiger partial charge in [-0.3, -0.25) is 0 Å². The first-order valence-electron chi connectivity index (χ1n) is 4.93. The maximum Gasteiger partial charge on any atom is 0.279 e. The van der Waals surface area contributed by atoms with Gasteiger partial charge in [-0.25, -0.2) is 14.5 Å². The van der Waals surface area contributed by atoms with E-state index in [0.29, 0.717) is 0 Å². The van der Waals surface area contributed by atoms with Gasteiger partial charge in [-0.2, -0.15) is 0 Å². The Balaban J connectivity index is 0.00000128. The first kappa shape index (κ1) is 15.0. The van der Waals surface area contributed by atoms with E-state index in [4.69, 9.17) is 0 Å². The molecule has 1 N–H and O–H groups in total. The van der Waals surface area contributed by atoms with Gasteiger partial charge in [0, 0.05) is 18.2 Å². The van der Waals surface area contributed by atoms with Gasteiger partial charge in [-0.1, -0.05) is 6.07 Å². The van der Waals surface area contributed by atoms with Gasteiger partial charge >= 0.3 is 0 Å². The van der Waals surface area contributed by atoms with E-state index >= 15 is 0 Å². The summed E-state index contributed by atoms with van der Waals surface area (Å²) in [4.78, 5) is 0. The lowest BCUT2D eigenvalue weighted by atomic mass is 10.4. The SMILES string of the molecule is C[n+]1ccc(Nc2cccc[n+]2C)cc1.[F-].[F-]. The Morgan fingerprint density at radius 3 is 2.12 bits per heavy atom. The second-order valence-electron chi connectivity index (χ2n) is 3.57. The zero-order chi connectivity index (χ0) is 10.7. The van der Waals surface area contributed by atoms with Crippen molar-refractivity contribution in [3.05, 3.63) is 48.9 Å². The highest BCUT2D eigenvalue weighted by atomic mass is 19.0. The number of hydrogen-bond donors (Lipinski definition) is 1. The van der Waals surface area contributed by atoms with Crippen LogP contribution in [0, 0.1) is 0 Å². The molecule has 2 rings (SSSR count). The van der Waals surface area contributed by atoms with Crippen LogP contribution in [0.2, 0.25) is 0 Å². The Kier molecular flexibility index (Phi) is 5.74. The summed E-state index contributed by atoms with van der Waals surface area (Å²) in [5.74, 6) is 1.08. The monoisotopic (exact) mass is 239 g/mol. The van der Waals surface area contributed by atoms with E-state index in [1.807, 2.05) is 72.2 Å². The molecule has 0 amide bonds. The molecule has 0 fully saturated rings. The van der Waals surface area contributed by atoms with Gasteiger partial charge in [0.2, 0.25) is 0 Å². The fraction of sp³-hybridized carbons (Fsp3) is 0.167. The van der Waals surface area contributed by atoms with Crippen LogP contribution in [-0.4, -0.2) is 0 Å². The normalized spacial score (nSPS) is 8.82. The third-order valence-electron chi connectivity index (χ3n) is 2.31. The molecule has 0 bridgehead atoms. The molecular weight excluding hydrogens is 224 g/mol. The summed E-state index contributed by atoms with van der Waals surface area (Å²) in [5, 5.41) is 3.35. The summed E-state index contributed by atoms with van der Waals surface area (Å²) >= 11 is 0. The van der Waals surface area contributed by atoms with Crippen LogP contribution >= 0.6 is 0 Å². The van der Waals surface area contributed by atoms with E-state index in [-0.39, 0.29) is 9.41 Å². The summed E-state index contributed by atoms with van der Waals surface area (Å²) < 4.78 is 4.06. The zero-order valence-electron chi connectivity index (χ0n) is 9.77. The van der Waals surface area contributed by atoms with Crippen molar-refractivity contribution in [3.8, 4) is 0 Å². The maximum atomic E-state index is 3.35. The Morgan fingerprint density at radius 1 is 0.882 bits per heavy atom. The van der Waals surface area contributed by atoms with Crippen molar-refractivity contribution in [1.29, 1.82) is 0 Å². The highest BCUT2D eigenvalue weighted by molar-refractivity contribution is 5.51. The van der Waals surface area contributed by atoms with Crippen molar-refractivity contribution >= 4 is 11.5 Å². The number of aromatic nitrogens is 2. The molecule has 0 spiro atoms. The molecule has 5 heteroatoms. The molecule has 2 heterocycles. The van der Waals surface area contributed by atoms with Crippen LogP contribution < -0.4 is 23.9 Å². The summed E-state index contributed by atoms with van der Waals surface area (Å²) in [5.41, 5.74) is 1.09. The molecule has 0 aromatic carbocycles. The van der Waals surface area contributed by atoms with Gasteiger partial charge in [0.15, 0.2) is 12.4 Å². The number of nitrogens with zero attached hydrogens (tertiary/aromatic N) is 2. The van der Waals surface area contributed by atoms with E-state index in [0.717, 1.165) is 11.5 Å². The topological polar surface area (TPSA) is 19.8 Å². The molecule has 2 aromatic rings. The number of rotatable bonds is 2. The van der Waals surface area contributed by atoms with Crippen LogP contribution in [0.25, 0.3) is 0 Å². The molecule has 0 atom stereocenters. The molecule has 0 radical (unpaired) electrons. The summed E-state index contributed by atoms with van der Waals surface area (Å²) in [7, 11) is 4.03. The summed E-state index contributed by atoms with van der Waals surface area (Å²) in [6.45, 7) is 0. The van der Waals surface area contributed by atoms with Gasteiger partial charge in [-0.05, 0) is 6.07 Å². The number of nitrogens with one attached hydrogen (secondary N) is 1. The van der Waals surface area contributed by atoms with Crippen LogP contribution in [0.5, 0.6) is 0 Å². The molecule has 0 saturated heterocycles. The number of halogens is 2. The van der Waals surface area contributed by atoms with E-state index in [1.165, 1.54) is 0 Å². The smallest absolute Gasteiger partial charge is 0.279 e. The van der Waals surface area contributed by atoms with Crippen LogP contribution in [0.4, 0.5) is 11.5 Å². The first-order valence-corrected chi connectivity index (χ1v) is 4.93. The molecule has 0 aliphatic rings. The van der Waals surface area contributed by atoms with Gasteiger partial charge in [0.1, 0.15) is 12.7 Å². The van der Waals surface area contributed by atoms with Gasteiger partial charge in [0.05, 0.1) is 13.2 Å². The zero-order valence-corrected chi connectivity index (χ0v) is 9.77. The van der Waals surface area contributed by atoms with E-state index < -0.39 is 0 Å². The second-order valence-corrected chi connectivity index (χ2v) is 3.57. The number of anilines is 2. The fourth-order valence-electron chi connectivity index (χ4n) is 1.39. The van der Waals surface area contributed by atoms with Crippen molar-refractivity contribution in [3.63, 3.8) is 0 Å². The van der Waals surface area contributed by atoms with E-state index in [2.05, 4.69) is 5.32 Å². The molecule has 3 nitrogen and oxygen atoms in total. The Morgan fingerprint density at radius 2 is 1.53 bits per heavy atom. The molecule has 92 valence electrons. The Bertz CT molecular complexity index is 458. The maximum absolute atomic E-state index is 3.35. The average molecular weight is 239 g/mol. The average Bonchev–Trinajstić information content (AvgIpc) is 2.25. The lowest BCUT2D eigenvalue weighted by Crippen LogP contribution is -3.00. The third-order valence-corrected chi connectivity index (χ3v) is 2.31. The van der Waals surface area contributed by atoms with Crippen LogP contribution in [0.1, 0.15) is 0 Å². The van der Waals surface area contributed by atoms with Gasteiger partial charge in [-0.15, -0.1) is 0 Å². The van der Waals surface area contributed by atoms with Gasteiger partial charge < -0.3 is 9.41 Å². The minimum atomic E-state index is 0. The number of aryl methyl sites for hydroxylation is 2. The fourth-order valence-corrected chi connectivity index (χ4v) is 1.39. The molecule has 2 aromatic heterocycles. The molecule has 0 unspecified atom stereocenters. The van der Waals surface area contributed by atoms with Crippen molar-refractivity contribution in [2.75, 3.05) is 5.32 Å². The molecule has 17 heavy (non-hydrogen) atoms. The van der Waals surface area contributed by atoms with E-state index in [1.54, 1.807) is 0 Å². The minimum Gasteiger partial charge on any atom is -1.00 e. The van der Waals surface area contributed by atoms with Crippen LogP contribution in [0.3, 0.4) is 0 Å². The second kappa shape index (κ2) is 6.52. The lowest BCUT2D eigenvalue weighted by Gasteiger charge is -2.00. The molecule has 0 aliphatic heterocycles.